The highest BCUT2D eigenvalue weighted by atomic mass is 35.5. The van der Waals surface area contributed by atoms with E-state index < -0.39 is 10.8 Å². The minimum atomic E-state index is -0.791. The van der Waals surface area contributed by atoms with Crippen molar-refractivity contribution in [3.63, 3.8) is 0 Å². The summed E-state index contributed by atoms with van der Waals surface area (Å²) in [6, 6.07) is 0.127. The minimum Gasteiger partial charge on any atom is -0.352 e. The van der Waals surface area contributed by atoms with Gasteiger partial charge in [0, 0.05) is 41.9 Å². The topological polar surface area (TPSA) is 71.0 Å². The summed E-state index contributed by atoms with van der Waals surface area (Å²) in [6.07, 6.45) is 2.48. The molecule has 1 aromatic heterocycles. The van der Waals surface area contributed by atoms with Crippen LogP contribution in [0.3, 0.4) is 0 Å². The molecule has 1 heterocycles. The van der Waals surface area contributed by atoms with Gasteiger partial charge in [0.25, 0.3) is 0 Å². The lowest BCUT2D eigenvalue weighted by atomic mass is 10.3. The highest BCUT2D eigenvalue weighted by molar-refractivity contribution is 7.84. The van der Waals surface area contributed by atoms with Crippen LogP contribution in [0, 0.1) is 0 Å². The second-order valence-electron chi connectivity index (χ2n) is 4.51. The predicted molar refractivity (Wildman–Crippen MR) is 85.0 cm³/mol. The smallest absolute Gasteiger partial charge is 0.231 e. The molecule has 1 aromatic rings. The second-order valence-corrected chi connectivity index (χ2v) is 6.40. The van der Waals surface area contributed by atoms with E-state index in [0.29, 0.717) is 17.6 Å². The lowest BCUT2D eigenvalue weighted by Crippen LogP contribution is -2.26. The largest absolute Gasteiger partial charge is 0.352 e. The van der Waals surface area contributed by atoms with Gasteiger partial charge >= 0.3 is 0 Å². The van der Waals surface area contributed by atoms with E-state index in [1.54, 1.807) is 6.26 Å². The number of rotatable bonds is 8. The summed E-state index contributed by atoms with van der Waals surface area (Å²) in [6.45, 7) is 7.68. The Balaban J connectivity index is 2.77. The fourth-order valence-corrected chi connectivity index (χ4v) is 2.53. The van der Waals surface area contributed by atoms with E-state index in [9.17, 15) is 4.21 Å². The van der Waals surface area contributed by atoms with Gasteiger partial charge in [-0.1, -0.05) is 0 Å². The van der Waals surface area contributed by atoms with Crippen LogP contribution in [-0.2, 0) is 10.8 Å². The van der Waals surface area contributed by atoms with Gasteiger partial charge in [-0.3, -0.25) is 4.21 Å². The average molecular weight is 320 g/mol. The predicted octanol–water partition coefficient (Wildman–Crippen LogP) is 1.94. The van der Waals surface area contributed by atoms with E-state index in [0.717, 1.165) is 19.5 Å². The summed E-state index contributed by atoms with van der Waals surface area (Å²) in [5.41, 5.74) is 0. The molecule has 0 aliphatic rings. The van der Waals surface area contributed by atoms with Crippen molar-refractivity contribution in [1.82, 2.24) is 15.0 Å². The molecule has 0 bridgehead atoms. The molecule has 1 N–H and O–H groups in total. The van der Waals surface area contributed by atoms with Gasteiger partial charge < -0.3 is 10.2 Å². The van der Waals surface area contributed by atoms with Crippen LogP contribution >= 0.6 is 11.6 Å². The van der Waals surface area contributed by atoms with Crippen molar-refractivity contribution in [3.8, 4) is 0 Å². The maximum Gasteiger partial charge on any atom is 0.231 e. The molecule has 2 atom stereocenters. The van der Waals surface area contributed by atoms with Gasteiger partial charge in [0.05, 0.1) is 0 Å². The minimum absolute atomic E-state index is 0.127. The number of nitrogens with one attached hydrogen (secondary N) is 1. The summed E-state index contributed by atoms with van der Waals surface area (Å²) >= 11 is 5.94. The lowest BCUT2D eigenvalue weighted by Gasteiger charge is -2.20. The molecule has 0 fully saturated rings. The zero-order valence-corrected chi connectivity index (χ0v) is 14.0. The Hall–Kier alpha value is -0.950. The molecular weight excluding hydrogens is 298 g/mol. The third-order valence-corrected chi connectivity index (χ3v) is 3.84. The summed E-state index contributed by atoms with van der Waals surface area (Å²) in [7, 11) is -0.791. The molecular formula is C12H22ClN5OS. The molecule has 0 amide bonds. The van der Waals surface area contributed by atoms with Gasteiger partial charge in [-0.25, -0.2) is 0 Å². The zero-order chi connectivity index (χ0) is 15.1. The van der Waals surface area contributed by atoms with Gasteiger partial charge in [-0.05, 0) is 38.8 Å². The Kier molecular flexibility index (Phi) is 7.15. The van der Waals surface area contributed by atoms with E-state index in [1.807, 2.05) is 25.7 Å². The summed E-state index contributed by atoms with van der Waals surface area (Å²) in [5, 5.41) is 3.35. The van der Waals surface area contributed by atoms with Crippen LogP contribution in [0.25, 0.3) is 0 Å². The Bertz CT molecular complexity index is 455. The highest BCUT2D eigenvalue weighted by Gasteiger charge is 2.12. The number of hydrogen-bond donors (Lipinski definition) is 1. The fraction of sp³-hybridized carbons (Fsp3) is 0.750. The molecule has 0 saturated heterocycles. The van der Waals surface area contributed by atoms with E-state index >= 15 is 0 Å². The third kappa shape index (κ3) is 5.58. The molecule has 0 aliphatic heterocycles. The van der Waals surface area contributed by atoms with Crippen LogP contribution in [0.1, 0.15) is 27.2 Å². The van der Waals surface area contributed by atoms with Crippen LogP contribution in [0.5, 0.6) is 0 Å². The van der Waals surface area contributed by atoms with Crippen molar-refractivity contribution < 1.29 is 4.21 Å². The highest BCUT2D eigenvalue weighted by Crippen LogP contribution is 2.14. The molecule has 0 saturated carbocycles. The van der Waals surface area contributed by atoms with Crippen molar-refractivity contribution >= 4 is 34.3 Å². The number of halogens is 1. The number of nitrogens with zero attached hydrogens (tertiary/aromatic N) is 4. The molecule has 0 aliphatic carbocycles. The van der Waals surface area contributed by atoms with Gasteiger partial charge in [-0.2, -0.15) is 15.0 Å². The van der Waals surface area contributed by atoms with Crippen LogP contribution in [-0.4, -0.2) is 50.3 Å². The summed E-state index contributed by atoms with van der Waals surface area (Å²) in [5.74, 6) is 1.68. The molecule has 1 rings (SSSR count). The Labute approximate surface area is 127 Å². The van der Waals surface area contributed by atoms with Crippen molar-refractivity contribution in [3.05, 3.63) is 5.28 Å². The molecule has 0 spiro atoms. The lowest BCUT2D eigenvalue weighted by molar-refractivity contribution is 0.677. The van der Waals surface area contributed by atoms with Crippen molar-refractivity contribution in [2.75, 3.05) is 35.3 Å². The van der Waals surface area contributed by atoms with E-state index in [-0.39, 0.29) is 11.3 Å². The fourth-order valence-electron chi connectivity index (χ4n) is 1.69. The SMILES string of the molecule is CCN(CC)c1nc(Cl)nc(NC(C)CCS(C)=O)n1. The number of hydrogen-bond acceptors (Lipinski definition) is 6. The van der Waals surface area contributed by atoms with Crippen LogP contribution in [0.2, 0.25) is 5.28 Å². The first-order valence-electron chi connectivity index (χ1n) is 6.69. The van der Waals surface area contributed by atoms with Crippen LogP contribution in [0.15, 0.2) is 0 Å². The molecule has 6 nitrogen and oxygen atoms in total. The summed E-state index contributed by atoms with van der Waals surface area (Å²) < 4.78 is 11.1. The van der Waals surface area contributed by atoms with Gasteiger partial charge in [-0.15, -0.1) is 0 Å². The first kappa shape index (κ1) is 17.1. The Morgan fingerprint density at radius 2 is 1.95 bits per heavy atom. The van der Waals surface area contributed by atoms with Crippen molar-refractivity contribution in [2.24, 2.45) is 0 Å². The monoisotopic (exact) mass is 319 g/mol. The Morgan fingerprint density at radius 1 is 1.30 bits per heavy atom. The van der Waals surface area contributed by atoms with E-state index in [4.69, 9.17) is 11.6 Å². The van der Waals surface area contributed by atoms with Crippen molar-refractivity contribution in [2.45, 2.75) is 33.2 Å². The molecule has 20 heavy (non-hydrogen) atoms. The maximum atomic E-state index is 11.1. The van der Waals surface area contributed by atoms with E-state index in [2.05, 4.69) is 20.3 Å². The Morgan fingerprint density at radius 3 is 2.50 bits per heavy atom. The van der Waals surface area contributed by atoms with Crippen LogP contribution < -0.4 is 10.2 Å². The quantitative estimate of drug-likeness (QED) is 0.789. The normalized spacial score (nSPS) is 13.8. The first-order chi connectivity index (χ1) is 9.46. The van der Waals surface area contributed by atoms with Gasteiger partial charge in [0.15, 0.2) is 0 Å². The molecule has 2 unspecified atom stereocenters. The molecule has 0 radical (unpaired) electrons. The molecule has 114 valence electrons. The van der Waals surface area contributed by atoms with Crippen LogP contribution in [0.4, 0.5) is 11.9 Å². The molecule has 0 aromatic carbocycles. The van der Waals surface area contributed by atoms with E-state index in [1.165, 1.54) is 0 Å². The zero-order valence-electron chi connectivity index (χ0n) is 12.4. The van der Waals surface area contributed by atoms with Gasteiger partial charge in [0.1, 0.15) is 0 Å². The van der Waals surface area contributed by atoms with Gasteiger partial charge in [0.2, 0.25) is 17.2 Å². The van der Waals surface area contributed by atoms with Crippen molar-refractivity contribution in [1.29, 1.82) is 0 Å². The molecule has 8 heteroatoms. The standard InChI is InChI=1S/C12H22ClN5OS/c1-5-18(6-2)12-16-10(13)15-11(17-12)14-9(3)7-8-20(4)19/h9H,5-8H2,1-4H3,(H,14,15,16,17). The second kappa shape index (κ2) is 8.36. The maximum absolute atomic E-state index is 11.1. The first-order valence-corrected chi connectivity index (χ1v) is 8.79. The number of aromatic nitrogens is 3. The number of anilines is 2. The summed E-state index contributed by atoms with van der Waals surface area (Å²) in [4.78, 5) is 14.6. The third-order valence-electron chi connectivity index (χ3n) is 2.86. The average Bonchev–Trinajstić information content (AvgIpc) is 2.37.